The number of fused-ring (bicyclic) bond motifs is 2. The van der Waals surface area contributed by atoms with Crippen molar-refractivity contribution >= 4 is 21.5 Å². The van der Waals surface area contributed by atoms with E-state index in [2.05, 4.69) is 9.97 Å². The third kappa shape index (κ3) is 1.91. The van der Waals surface area contributed by atoms with Gasteiger partial charge in [-0.1, -0.05) is 42.5 Å². The molecule has 2 aromatic heterocycles. The van der Waals surface area contributed by atoms with Crippen LogP contribution in [0.4, 0.5) is 0 Å². The Kier molecular flexibility index (Phi) is 2.57. The molecule has 0 radical (unpaired) electrons. The Morgan fingerprint density at radius 2 is 1.52 bits per heavy atom. The second-order valence-corrected chi connectivity index (χ2v) is 4.98. The first-order valence-electron chi connectivity index (χ1n) is 6.79. The quantitative estimate of drug-likeness (QED) is 0.573. The fourth-order valence-corrected chi connectivity index (χ4v) is 2.67. The summed E-state index contributed by atoms with van der Waals surface area (Å²) in [6.45, 7) is 0. The number of H-pyrrole nitrogens is 1. The number of rotatable bonds is 1. The summed E-state index contributed by atoms with van der Waals surface area (Å²) >= 11 is 0. The van der Waals surface area contributed by atoms with Crippen LogP contribution in [0.2, 0.25) is 0 Å². The fourth-order valence-electron chi connectivity index (χ4n) is 2.67. The van der Waals surface area contributed by atoms with Gasteiger partial charge in [0.1, 0.15) is 0 Å². The summed E-state index contributed by atoms with van der Waals surface area (Å²) in [5.41, 5.74) is 1.46. The number of nitrogens with one attached hydrogen (secondary N) is 1. The van der Waals surface area contributed by atoms with Crippen molar-refractivity contribution in [3.8, 4) is 11.4 Å². The summed E-state index contributed by atoms with van der Waals surface area (Å²) in [4.78, 5) is 19.6. The van der Waals surface area contributed by atoms with E-state index in [4.69, 9.17) is 0 Å². The molecule has 0 saturated carbocycles. The molecule has 1 N–H and O–H groups in total. The van der Waals surface area contributed by atoms with E-state index in [1.165, 1.54) is 0 Å². The number of aromatic amines is 1. The summed E-state index contributed by atoms with van der Waals surface area (Å²) in [5.74, 6) is 0. The predicted molar refractivity (Wildman–Crippen MR) is 85.3 cm³/mol. The predicted octanol–water partition coefficient (Wildman–Crippen LogP) is 3.74. The van der Waals surface area contributed by atoms with E-state index in [0.29, 0.717) is 5.39 Å². The van der Waals surface area contributed by atoms with Gasteiger partial charge in [0.25, 0.3) is 5.56 Å². The zero-order valence-electron chi connectivity index (χ0n) is 11.2. The Hall–Kier alpha value is -2.94. The molecule has 0 spiro atoms. The highest BCUT2D eigenvalue weighted by Crippen LogP contribution is 2.25. The number of pyridine rings is 2. The van der Waals surface area contributed by atoms with Crippen molar-refractivity contribution in [3.63, 3.8) is 0 Å². The lowest BCUT2D eigenvalue weighted by Gasteiger charge is -2.06. The molecule has 100 valence electrons. The van der Waals surface area contributed by atoms with Crippen LogP contribution in [0.1, 0.15) is 0 Å². The minimum atomic E-state index is -0.0853. The van der Waals surface area contributed by atoms with Crippen molar-refractivity contribution < 1.29 is 0 Å². The van der Waals surface area contributed by atoms with Gasteiger partial charge >= 0.3 is 0 Å². The molecule has 0 bridgehead atoms. The first-order valence-corrected chi connectivity index (χ1v) is 6.79. The van der Waals surface area contributed by atoms with Gasteiger partial charge in [0, 0.05) is 17.0 Å². The zero-order valence-corrected chi connectivity index (χ0v) is 11.2. The van der Waals surface area contributed by atoms with E-state index in [-0.39, 0.29) is 5.56 Å². The topological polar surface area (TPSA) is 45.8 Å². The van der Waals surface area contributed by atoms with Gasteiger partial charge in [-0.25, -0.2) is 0 Å². The maximum atomic E-state index is 12.2. The van der Waals surface area contributed by atoms with Gasteiger partial charge in [-0.3, -0.25) is 9.78 Å². The number of aromatic nitrogens is 2. The maximum Gasteiger partial charge on any atom is 0.256 e. The molecule has 3 nitrogen and oxygen atoms in total. The van der Waals surface area contributed by atoms with Gasteiger partial charge in [-0.2, -0.15) is 0 Å². The molecule has 0 saturated heterocycles. The summed E-state index contributed by atoms with van der Waals surface area (Å²) in [6.07, 6.45) is 1.77. The number of benzene rings is 2. The van der Waals surface area contributed by atoms with E-state index in [1.54, 1.807) is 6.20 Å². The first kappa shape index (κ1) is 11.9. The van der Waals surface area contributed by atoms with Crippen molar-refractivity contribution in [1.82, 2.24) is 9.97 Å². The average molecular weight is 272 g/mol. The van der Waals surface area contributed by atoms with Crippen molar-refractivity contribution in [1.29, 1.82) is 0 Å². The Bertz CT molecular complexity index is 1010. The van der Waals surface area contributed by atoms with Crippen LogP contribution in [0.25, 0.3) is 32.9 Å². The molecule has 2 heterocycles. The van der Waals surface area contributed by atoms with Gasteiger partial charge in [-0.15, -0.1) is 0 Å². The van der Waals surface area contributed by atoms with Crippen LogP contribution in [0.15, 0.2) is 71.7 Å². The average Bonchev–Trinajstić information content (AvgIpc) is 2.54. The van der Waals surface area contributed by atoms with Gasteiger partial charge in [0.2, 0.25) is 0 Å². The Morgan fingerprint density at radius 1 is 0.810 bits per heavy atom. The summed E-state index contributed by atoms with van der Waals surface area (Å²) in [5, 5.41) is 3.76. The largest absolute Gasteiger partial charge is 0.320 e. The van der Waals surface area contributed by atoms with E-state index >= 15 is 0 Å². The minimum Gasteiger partial charge on any atom is -0.320 e. The lowest BCUT2D eigenvalue weighted by Crippen LogP contribution is -2.07. The molecule has 0 unspecified atom stereocenters. The number of hydrogen-bond donors (Lipinski definition) is 1. The van der Waals surface area contributed by atoms with Crippen LogP contribution in [0.3, 0.4) is 0 Å². The highest BCUT2D eigenvalue weighted by atomic mass is 16.1. The molecule has 0 aliphatic rings. The second kappa shape index (κ2) is 4.56. The molecule has 0 aliphatic carbocycles. The molecular formula is C18H12N2O. The van der Waals surface area contributed by atoms with Crippen LogP contribution in [-0.4, -0.2) is 9.97 Å². The van der Waals surface area contributed by atoms with Crippen molar-refractivity contribution in [2.24, 2.45) is 0 Å². The number of nitrogens with zero attached hydrogens (tertiary/aromatic N) is 1. The first-order chi connectivity index (χ1) is 10.3. The Balaban J connectivity index is 2.07. The Labute approximate surface area is 120 Å². The molecule has 4 aromatic rings. The molecule has 2 aromatic carbocycles. The summed E-state index contributed by atoms with van der Waals surface area (Å²) < 4.78 is 0. The van der Waals surface area contributed by atoms with Gasteiger partial charge in [-0.05, 0) is 29.0 Å². The third-order valence-electron chi connectivity index (χ3n) is 3.68. The molecule has 21 heavy (non-hydrogen) atoms. The lowest BCUT2D eigenvalue weighted by atomic mass is 10.1. The van der Waals surface area contributed by atoms with Crippen LogP contribution in [0, 0.1) is 0 Å². The van der Waals surface area contributed by atoms with Crippen molar-refractivity contribution in [3.05, 3.63) is 77.2 Å². The zero-order chi connectivity index (χ0) is 14.2. The van der Waals surface area contributed by atoms with E-state index in [9.17, 15) is 4.79 Å². The van der Waals surface area contributed by atoms with Crippen LogP contribution in [0.5, 0.6) is 0 Å². The fraction of sp³-hybridized carbons (Fsp3) is 0. The van der Waals surface area contributed by atoms with Crippen molar-refractivity contribution in [2.75, 3.05) is 0 Å². The summed E-state index contributed by atoms with van der Waals surface area (Å²) in [7, 11) is 0. The highest BCUT2D eigenvalue weighted by Gasteiger charge is 2.08. The molecule has 0 atom stereocenters. The standard InChI is InChI=1S/C18H12N2O/c21-18-15-8-4-2-6-13(15)11-16(20-18)17-14-7-3-1-5-12(14)9-10-19-17/h1-11H,(H,20,21). The molecule has 0 fully saturated rings. The Morgan fingerprint density at radius 3 is 2.38 bits per heavy atom. The maximum absolute atomic E-state index is 12.2. The van der Waals surface area contributed by atoms with Crippen LogP contribution < -0.4 is 5.56 Å². The summed E-state index contributed by atoms with van der Waals surface area (Å²) in [6, 6.07) is 19.6. The van der Waals surface area contributed by atoms with Crippen LogP contribution >= 0.6 is 0 Å². The number of hydrogen-bond acceptors (Lipinski definition) is 2. The molecule has 0 amide bonds. The normalized spacial score (nSPS) is 11.0. The second-order valence-electron chi connectivity index (χ2n) is 4.98. The third-order valence-corrected chi connectivity index (χ3v) is 3.68. The van der Waals surface area contributed by atoms with E-state index in [0.717, 1.165) is 27.5 Å². The lowest BCUT2D eigenvalue weighted by molar-refractivity contribution is 1.24. The smallest absolute Gasteiger partial charge is 0.256 e. The van der Waals surface area contributed by atoms with Crippen molar-refractivity contribution in [2.45, 2.75) is 0 Å². The molecule has 4 rings (SSSR count). The van der Waals surface area contributed by atoms with E-state index < -0.39 is 0 Å². The molecule has 0 aliphatic heterocycles. The monoisotopic (exact) mass is 272 g/mol. The van der Waals surface area contributed by atoms with Gasteiger partial charge in [0.05, 0.1) is 11.4 Å². The molecule has 3 heteroatoms. The molecular weight excluding hydrogens is 260 g/mol. The van der Waals surface area contributed by atoms with Gasteiger partial charge < -0.3 is 4.98 Å². The minimum absolute atomic E-state index is 0.0853. The van der Waals surface area contributed by atoms with E-state index in [1.807, 2.05) is 60.7 Å². The highest BCUT2D eigenvalue weighted by molar-refractivity contribution is 5.95. The van der Waals surface area contributed by atoms with Gasteiger partial charge in [0.15, 0.2) is 0 Å². The van der Waals surface area contributed by atoms with Crippen LogP contribution in [-0.2, 0) is 0 Å². The SMILES string of the molecule is O=c1[nH]c(-c2nccc3ccccc23)cc2ccccc12.